The van der Waals surface area contributed by atoms with E-state index in [1.165, 1.54) is 6.20 Å². The smallest absolute Gasteiger partial charge is 0.214 e. The summed E-state index contributed by atoms with van der Waals surface area (Å²) in [4.78, 5) is 3.90. The Balaban J connectivity index is 2.86. The average Bonchev–Trinajstić information content (AvgIpc) is 1.98. The summed E-state index contributed by atoms with van der Waals surface area (Å²) >= 11 is 5.70. The molecule has 1 heterocycles. The maximum absolute atomic E-state index is 5.70. The molecule has 1 aromatic rings. The van der Waals surface area contributed by atoms with Crippen LogP contribution < -0.4 is 10.5 Å². The van der Waals surface area contributed by atoms with Crippen molar-refractivity contribution in [2.45, 2.75) is 6.92 Å². The third-order valence-corrected chi connectivity index (χ3v) is 1.48. The first-order valence-corrected chi connectivity index (χ1v) is 3.65. The van der Waals surface area contributed by atoms with E-state index in [2.05, 4.69) is 4.98 Å². The Hall–Kier alpha value is -0.960. The van der Waals surface area contributed by atoms with Crippen LogP contribution in [0.2, 0.25) is 5.02 Å². The Morgan fingerprint density at radius 3 is 3.00 bits per heavy atom. The van der Waals surface area contributed by atoms with Crippen molar-refractivity contribution in [2.24, 2.45) is 0 Å². The maximum atomic E-state index is 5.70. The van der Waals surface area contributed by atoms with Gasteiger partial charge in [0.2, 0.25) is 5.88 Å². The molecule has 0 aromatic carbocycles. The van der Waals surface area contributed by atoms with Gasteiger partial charge in [0.05, 0.1) is 23.5 Å². The van der Waals surface area contributed by atoms with Crippen molar-refractivity contribution in [3.8, 4) is 5.88 Å². The molecule has 0 aliphatic heterocycles. The van der Waals surface area contributed by atoms with Crippen LogP contribution in [0.15, 0.2) is 12.3 Å². The number of pyridine rings is 1. The largest absolute Gasteiger partial charge is 0.478 e. The molecule has 4 heteroatoms. The number of ether oxygens (including phenoxy) is 1. The van der Waals surface area contributed by atoms with E-state index in [4.69, 9.17) is 22.1 Å². The summed E-state index contributed by atoms with van der Waals surface area (Å²) < 4.78 is 5.09. The Labute approximate surface area is 70.1 Å². The Kier molecular flexibility index (Phi) is 2.54. The quantitative estimate of drug-likeness (QED) is 0.739. The van der Waals surface area contributed by atoms with E-state index in [0.717, 1.165) is 0 Å². The third-order valence-electron chi connectivity index (χ3n) is 1.15. The molecular weight excluding hydrogens is 164 g/mol. The van der Waals surface area contributed by atoms with Gasteiger partial charge in [0.25, 0.3) is 0 Å². The normalized spacial score (nSPS) is 9.64. The molecule has 0 spiro atoms. The molecule has 60 valence electrons. The molecule has 1 rings (SSSR count). The monoisotopic (exact) mass is 172 g/mol. The van der Waals surface area contributed by atoms with Crippen molar-refractivity contribution in [1.29, 1.82) is 0 Å². The summed E-state index contributed by atoms with van der Waals surface area (Å²) in [5.74, 6) is 0.506. The summed E-state index contributed by atoms with van der Waals surface area (Å²) in [5, 5.41) is 0.475. The molecule has 0 atom stereocenters. The molecular formula is C7H9ClN2O. The number of anilines is 1. The van der Waals surface area contributed by atoms with Crippen molar-refractivity contribution in [3.05, 3.63) is 17.3 Å². The second-order valence-corrected chi connectivity index (χ2v) is 2.38. The van der Waals surface area contributed by atoms with Crippen LogP contribution in [0.3, 0.4) is 0 Å². The van der Waals surface area contributed by atoms with Gasteiger partial charge in [-0.05, 0) is 6.92 Å². The maximum Gasteiger partial charge on any atom is 0.214 e. The Morgan fingerprint density at radius 1 is 1.73 bits per heavy atom. The van der Waals surface area contributed by atoms with Crippen molar-refractivity contribution in [3.63, 3.8) is 0 Å². The molecule has 11 heavy (non-hydrogen) atoms. The fraction of sp³-hybridized carbons (Fsp3) is 0.286. The van der Waals surface area contributed by atoms with Gasteiger partial charge in [-0.25, -0.2) is 4.98 Å². The minimum absolute atomic E-state index is 0.468. The number of nitrogen functional groups attached to an aromatic ring is 1. The molecule has 0 fully saturated rings. The van der Waals surface area contributed by atoms with Gasteiger partial charge in [-0.15, -0.1) is 0 Å². The summed E-state index contributed by atoms with van der Waals surface area (Å²) in [7, 11) is 0. The third kappa shape index (κ3) is 1.98. The molecule has 0 amide bonds. The van der Waals surface area contributed by atoms with Gasteiger partial charge < -0.3 is 10.5 Å². The van der Waals surface area contributed by atoms with Crippen LogP contribution in [-0.4, -0.2) is 11.6 Å². The summed E-state index contributed by atoms with van der Waals surface area (Å²) in [6.45, 7) is 2.46. The summed E-state index contributed by atoms with van der Waals surface area (Å²) in [5.41, 5.74) is 5.90. The van der Waals surface area contributed by atoms with E-state index in [1.54, 1.807) is 6.07 Å². The highest BCUT2D eigenvalue weighted by Gasteiger charge is 1.98. The molecule has 3 nitrogen and oxygen atoms in total. The highest BCUT2D eigenvalue weighted by Crippen LogP contribution is 2.20. The molecule has 0 aliphatic rings. The number of nitrogens with zero attached hydrogens (tertiary/aromatic N) is 1. The van der Waals surface area contributed by atoms with Crippen LogP contribution >= 0.6 is 11.6 Å². The van der Waals surface area contributed by atoms with Crippen LogP contribution in [0.5, 0.6) is 5.88 Å². The predicted octanol–water partition coefficient (Wildman–Crippen LogP) is 1.72. The van der Waals surface area contributed by atoms with Crippen molar-refractivity contribution in [2.75, 3.05) is 12.3 Å². The van der Waals surface area contributed by atoms with Gasteiger partial charge in [-0.1, -0.05) is 11.6 Å². The van der Waals surface area contributed by atoms with Gasteiger partial charge in [0.1, 0.15) is 0 Å². The van der Waals surface area contributed by atoms with Crippen molar-refractivity contribution >= 4 is 17.3 Å². The highest BCUT2D eigenvalue weighted by molar-refractivity contribution is 6.33. The number of hydrogen-bond donors (Lipinski definition) is 1. The van der Waals surface area contributed by atoms with Crippen LogP contribution in [0.4, 0.5) is 5.69 Å². The standard InChI is InChI=1S/C7H9ClN2O/c1-2-11-7-3-5(8)6(9)4-10-7/h3-4H,2,9H2,1H3. The minimum atomic E-state index is 0.468. The van der Waals surface area contributed by atoms with Crippen LogP contribution in [-0.2, 0) is 0 Å². The lowest BCUT2D eigenvalue weighted by atomic mass is 10.4. The van der Waals surface area contributed by atoms with Gasteiger partial charge in [-0.2, -0.15) is 0 Å². The zero-order chi connectivity index (χ0) is 8.27. The zero-order valence-electron chi connectivity index (χ0n) is 6.17. The zero-order valence-corrected chi connectivity index (χ0v) is 6.93. The number of nitrogens with two attached hydrogens (primary N) is 1. The van der Waals surface area contributed by atoms with Crippen LogP contribution in [0.25, 0.3) is 0 Å². The molecule has 0 radical (unpaired) electrons. The molecule has 0 aliphatic carbocycles. The molecule has 0 saturated carbocycles. The average molecular weight is 173 g/mol. The first-order valence-electron chi connectivity index (χ1n) is 3.28. The fourth-order valence-corrected chi connectivity index (χ4v) is 0.793. The Morgan fingerprint density at radius 2 is 2.45 bits per heavy atom. The molecule has 2 N–H and O–H groups in total. The van der Waals surface area contributed by atoms with Gasteiger partial charge in [0.15, 0.2) is 0 Å². The number of halogens is 1. The highest BCUT2D eigenvalue weighted by atomic mass is 35.5. The number of hydrogen-bond acceptors (Lipinski definition) is 3. The number of rotatable bonds is 2. The van der Waals surface area contributed by atoms with Gasteiger partial charge in [0, 0.05) is 6.07 Å². The second-order valence-electron chi connectivity index (χ2n) is 1.98. The lowest BCUT2D eigenvalue weighted by molar-refractivity contribution is 0.327. The first-order chi connectivity index (χ1) is 5.24. The molecule has 0 bridgehead atoms. The lowest BCUT2D eigenvalue weighted by Crippen LogP contribution is -1.95. The lowest BCUT2D eigenvalue weighted by Gasteiger charge is -2.02. The van der Waals surface area contributed by atoms with E-state index in [0.29, 0.717) is 23.2 Å². The Bertz CT molecular complexity index is 252. The first kappa shape index (κ1) is 8.14. The predicted molar refractivity (Wildman–Crippen MR) is 44.8 cm³/mol. The van der Waals surface area contributed by atoms with Gasteiger partial charge in [-0.3, -0.25) is 0 Å². The topological polar surface area (TPSA) is 48.1 Å². The van der Waals surface area contributed by atoms with Crippen molar-refractivity contribution < 1.29 is 4.74 Å². The van der Waals surface area contributed by atoms with Crippen LogP contribution in [0.1, 0.15) is 6.92 Å². The number of aromatic nitrogens is 1. The fourth-order valence-electron chi connectivity index (χ4n) is 0.651. The van der Waals surface area contributed by atoms with E-state index in [-0.39, 0.29) is 0 Å². The van der Waals surface area contributed by atoms with Gasteiger partial charge >= 0.3 is 0 Å². The molecule has 0 unspecified atom stereocenters. The van der Waals surface area contributed by atoms with E-state index in [1.807, 2.05) is 6.92 Å². The summed E-state index contributed by atoms with van der Waals surface area (Å²) in [6.07, 6.45) is 1.48. The van der Waals surface area contributed by atoms with Crippen LogP contribution in [0, 0.1) is 0 Å². The summed E-state index contributed by atoms with van der Waals surface area (Å²) in [6, 6.07) is 1.60. The van der Waals surface area contributed by atoms with E-state index in [9.17, 15) is 0 Å². The van der Waals surface area contributed by atoms with E-state index >= 15 is 0 Å². The molecule has 1 aromatic heterocycles. The van der Waals surface area contributed by atoms with E-state index < -0.39 is 0 Å². The SMILES string of the molecule is CCOc1cc(Cl)c(N)cn1. The van der Waals surface area contributed by atoms with Crippen molar-refractivity contribution in [1.82, 2.24) is 4.98 Å². The second kappa shape index (κ2) is 3.44. The minimum Gasteiger partial charge on any atom is -0.478 e. The molecule has 0 saturated heterocycles.